The SMILES string of the molecule is COc1ccccc1/C=C/C(=O)O[C@@H]1Cc2cc3c(cc2OC1(C)C)OC(I)C=C3. The maximum atomic E-state index is 12.5. The van der Waals surface area contributed by atoms with Gasteiger partial charge in [0.1, 0.15) is 29.0 Å². The molecule has 2 aliphatic heterocycles. The van der Waals surface area contributed by atoms with Crippen LogP contribution in [0.4, 0.5) is 0 Å². The number of esters is 1. The van der Waals surface area contributed by atoms with E-state index in [9.17, 15) is 4.79 Å². The molecule has 0 bridgehead atoms. The van der Waals surface area contributed by atoms with Gasteiger partial charge in [-0.15, -0.1) is 0 Å². The van der Waals surface area contributed by atoms with Crippen molar-refractivity contribution in [2.45, 2.75) is 36.1 Å². The lowest BCUT2D eigenvalue weighted by Gasteiger charge is -2.39. The Bertz CT molecular complexity index is 1020. The van der Waals surface area contributed by atoms with Gasteiger partial charge >= 0.3 is 5.97 Å². The molecular formula is C24H23IO5. The van der Waals surface area contributed by atoms with E-state index in [4.69, 9.17) is 18.9 Å². The van der Waals surface area contributed by atoms with Crippen molar-refractivity contribution < 1.29 is 23.7 Å². The number of rotatable bonds is 4. The first-order valence-electron chi connectivity index (χ1n) is 9.72. The molecule has 0 radical (unpaired) electrons. The number of fused-ring (bicyclic) bond motifs is 2. The summed E-state index contributed by atoms with van der Waals surface area (Å²) >= 11 is 2.23. The lowest BCUT2D eigenvalue weighted by atomic mass is 9.89. The zero-order valence-corrected chi connectivity index (χ0v) is 19.2. The van der Waals surface area contributed by atoms with E-state index in [0.29, 0.717) is 12.2 Å². The summed E-state index contributed by atoms with van der Waals surface area (Å²) in [7, 11) is 1.60. The van der Waals surface area contributed by atoms with Gasteiger partial charge in [-0.05, 0) is 66.3 Å². The molecule has 2 aromatic carbocycles. The number of halogens is 1. The van der Waals surface area contributed by atoms with Crippen LogP contribution in [0, 0.1) is 0 Å². The third-order valence-corrected chi connectivity index (χ3v) is 5.88. The van der Waals surface area contributed by atoms with Gasteiger partial charge in [0, 0.05) is 29.7 Å². The van der Waals surface area contributed by atoms with Crippen LogP contribution in [0.15, 0.2) is 48.6 Å². The zero-order chi connectivity index (χ0) is 21.3. The molecule has 4 rings (SSSR count). The van der Waals surface area contributed by atoms with Crippen LogP contribution in [-0.2, 0) is 16.0 Å². The molecule has 0 aliphatic carbocycles. The number of carbonyl (C=O) groups excluding carboxylic acids is 1. The molecule has 2 aliphatic rings. The molecule has 0 saturated heterocycles. The quantitative estimate of drug-likeness (QED) is 0.241. The van der Waals surface area contributed by atoms with Crippen LogP contribution in [0.25, 0.3) is 12.2 Å². The summed E-state index contributed by atoms with van der Waals surface area (Å²) in [6, 6.07) is 11.5. The van der Waals surface area contributed by atoms with Gasteiger partial charge in [-0.25, -0.2) is 4.79 Å². The van der Waals surface area contributed by atoms with Crippen molar-refractivity contribution in [1.29, 1.82) is 0 Å². The maximum Gasteiger partial charge on any atom is 0.331 e. The highest BCUT2D eigenvalue weighted by Crippen LogP contribution is 2.41. The van der Waals surface area contributed by atoms with E-state index in [2.05, 4.69) is 22.6 Å². The molecule has 0 fully saturated rings. The van der Waals surface area contributed by atoms with Gasteiger partial charge in [0.2, 0.25) is 0 Å². The minimum absolute atomic E-state index is 0.00785. The molecule has 6 heteroatoms. The van der Waals surface area contributed by atoms with Crippen molar-refractivity contribution in [2.24, 2.45) is 0 Å². The molecule has 0 N–H and O–H groups in total. The van der Waals surface area contributed by atoms with Crippen molar-refractivity contribution >= 4 is 40.7 Å². The average molecular weight is 518 g/mol. The first kappa shape index (κ1) is 20.8. The highest BCUT2D eigenvalue weighted by atomic mass is 127. The molecule has 0 spiro atoms. The summed E-state index contributed by atoms with van der Waals surface area (Å²) in [6.45, 7) is 3.86. The smallest absolute Gasteiger partial charge is 0.331 e. The second-order valence-corrected chi connectivity index (χ2v) is 8.96. The van der Waals surface area contributed by atoms with Gasteiger partial charge in [0.15, 0.2) is 4.11 Å². The van der Waals surface area contributed by atoms with Gasteiger partial charge in [-0.1, -0.05) is 24.3 Å². The van der Waals surface area contributed by atoms with E-state index < -0.39 is 17.7 Å². The maximum absolute atomic E-state index is 12.5. The van der Waals surface area contributed by atoms with Gasteiger partial charge in [-0.2, -0.15) is 0 Å². The van der Waals surface area contributed by atoms with Crippen LogP contribution in [0.3, 0.4) is 0 Å². The Balaban J connectivity index is 1.51. The lowest BCUT2D eigenvalue weighted by Crippen LogP contribution is -2.48. The van der Waals surface area contributed by atoms with Gasteiger partial charge < -0.3 is 18.9 Å². The number of alkyl halides is 1. The van der Waals surface area contributed by atoms with Gasteiger partial charge in [0.05, 0.1) is 7.11 Å². The minimum Gasteiger partial charge on any atom is -0.496 e. The van der Waals surface area contributed by atoms with E-state index in [-0.39, 0.29) is 4.11 Å². The number of para-hydroxylation sites is 1. The zero-order valence-electron chi connectivity index (χ0n) is 17.1. The summed E-state index contributed by atoms with van der Waals surface area (Å²) in [5.74, 6) is 1.86. The Kier molecular flexibility index (Phi) is 5.77. The Hall–Kier alpha value is -2.48. The predicted octanol–water partition coefficient (Wildman–Crippen LogP) is 5.20. The fraction of sp³-hybridized carbons (Fsp3) is 0.292. The normalized spacial score (nSPS) is 21.2. The topological polar surface area (TPSA) is 54.0 Å². The van der Waals surface area contributed by atoms with E-state index in [1.54, 1.807) is 13.2 Å². The van der Waals surface area contributed by atoms with Crippen LogP contribution in [-0.4, -0.2) is 28.9 Å². The molecule has 30 heavy (non-hydrogen) atoms. The van der Waals surface area contributed by atoms with Crippen LogP contribution in [0.5, 0.6) is 17.2 Å². The van der Waals surface area contributed by atoms with Gasteiger partial charge in [0.25, 0.3) is 0 Å². The highest BCUT2D eigenvalue weighted by Gasteiger charge is 2.40. The van der Waals surface area contributed by atoms with Crippen molar-refractivity contribution in [3.05, 3.63) is 65.2 Å². The second-order valence-electron chi connectivity index (χ2n) is 7.74. The number of hydrogen-bond donors (Lipinski definition) is 0. The Morgan fingerprint density at radius 1 is 1.23 bits per heavy atom. The van der Waals surface area contributed by atoms with Gasteiger partial charge in [-0.3, -0.25) is 0 Å². The summed E-state index contributed by atoms with van der Waals surface area (Å²) in [4.78, 5) is 12.5. The largest absolute Gasteiger partial charge is 0.496 e. The molecule has 2 heterocycles. The fourth-order valence-electron chi connectivity index (χ4n) is 3.57. The lowest BCUT2D eigenvalue weighted by molar-refractivity contribution is -0.155. The molecule has 2 atom stereocenters. The molecular weight excluding hydrogens is 495 g/mol. The van der Waals surface area contributed by atoms with Crippen LogP contribution >= 0.6 is 22.6 Å². The van der Waals surface area contributed by atoms with Crippen LogP contribution in [0.2, 0.25) is 0 Å². The van der Waals surface area contributed by atoms with Crippen molar-refractivity contribution in [2.75, 3.05) is 7.11 Å². The van der Waals surface area contributed by atoms with E-state index in [1.165, 1.54) is 6.08 Å². The second kappa shape index (κ2) is 8.34. The summed E-state index contributed by atoms with van der Waals surface area (Å²) in [5.41, 5.74) is 2.16. The van der Waals surface area contributed by atoms with Crippen molar-refractivity contribution in [3.63, 3.8) is 0 Å². The minimum atomic E-state index is -0.663. The number of methoxy groups -OCH3 is 1. The Labute approximate surface area is 189 Å². The molecule has 5 nitrogen and oxygen atoms in total. The number of benzene rings is 2. The number of hydrogen-bond acceptors (Lipinski definition) is 5. The third-order valence-electron chi connectivity index (χ3n) is 5.21. The summed E-state index contributed by atoms with van der Waals surface area (Å²) < 4.78 is 23.2. The predicted molar refractivity (Wildman–Crippen MR) is 124 cm³/mol. The first-order valence-corrected chi connectivity index (χ1v) is 11.0. The first-order chi connectivity index (χ1) is 14.4. The fourth-order valence-corrected chi connectivity index (χ4v) is 4.05. The van der Waals surface area contributed by atoms with E-state index >= 15 is 0 Å². The molecule has 2 aromatic rings. The summed E-state index contributed by atoms with van der Waals surface area (Å²) in [5, 5.41) is 0. The molecule has 0 aromatic heterocycles. The third kappa shape index (κ3) is 4.33. The Morgan fingerprint density at radius 2 is 2.03 bits per heavy atom. The standard InChI is InChI=1S/C24H23IO5/c1-24(2)21(29-23(26)11-9-15-6-4-5-7-18(15)27-3)13-17-12-16-8-10-22(25)28-19(16)14-20(17)30-24/h4-12,14,21-22H,13H2,1-3H3/b11-9+/t21-,22?/m1/s1. The number of carbonyl (C=O) groups is 1. The molecule has 1 unspecified atom stereocenters. The molecule has 0 saturated carbocycles. The monoisotopic (exact) mass is 518 g/mol. The van der Waals surface area contributed by atoms with Crippen molar-refractivity contribution in [3.8, 4) is 17.2 Å². The Morgan fingerprint density at radius 3 is 2.83 bits per heavy atom. The molecule has 0 amide bonds. The number of ether oxygens (including phenoxy) is 4. The van der Waals surface area contributed by atoms with Crippen molar-refractivity contribution in [1.82, 2.24) is 0 Å². The van der Waals surface area contributed by atoms with Crippen LogP contribution in [0.1, 0.15) is 30.5 Å². The van der Waals surface area contributed by atoms with E-state index in [0.717, 1.165) is 28.2 Å². The van der Waals surface area contributed by atoms with E-state index in [1.807, 2.05) is 62.4 Å². The highest BCUT2D eigenvalue weighted by molar-refractivity contribution is 14.1. The summed E-state index contributed by atoms with van der Waals surface area (Å²) in [6.07, 6.45) is 7.34. The van der Waals surface area contributed by atoms with Crippen LogP contribution < -0.4 is 14.2 Å². The molecule has 156 valence electrons. The average Bonchev–Trinajstić information content (AvgIpc) is 2.71.